The Morgan fingerprint density at radius 3 is 2.80 bits per heavy atom. The molecule has 1 aliphatic rings. The lowest BCUT2D eigenvalue weighted by Crippen LogP contribution is -2.51. The number of rotatable bonds is 4. The molecular weight excluding hydrogens is 267 g/mol. The van der Waals surface area contributed by atoms with E-state index in [0.717, 1.165) is 5.56 Å². The van der Waals surface area contributed by atoms with E-state index in [2.05, 4.69) is 0 Å². The summed E-state index contributed by atoms with van der Waals surface area (Å²) in [6.07, 6.45) is 0.0806. The number of halogens is 1. The number of amides is 1. The number of hydrogen-bond donors (Lipinski definition) is 3. The van der Waals surface area contributed by atoms with Gasteiger partial charge in [0.25, 0.3) is 5.91 Å². The molecule has 1 aliphatic heterocycles. The maximum Gasteiger partial charge on any atom is 0.263 e. The zero-order chi connectivity index (χ0) is 14.5. The van der Waals surface area contributed by atoms with Gasteiger partial charge in [-0.05, 0) is 24.1 Å². The highest BCUT2D eigenvalue weighted by molar-refractivity contribution is 5.80. The van der Waals surface area contributed by atoms with Crippen LogP contribution in [0.3, 0.4) is 0 Å². The van der Waals surface area contributed by atoms with Gasteiger partial charge >= 0.3 is 0 Å². The fraction of sp³-hybridized carbons (Fsp3) is 0.462. The van der Waals surface area contributed by atoms with Crippen LogP contribution >= 0.6 is 0 Å². The molecule has 0 radical (unpaired) electrons. The van der Waals surface area contributed by atoms with Crippen molar-refractivity contribution in [2.75, 3.05) is 6.54 Å². The highest BCUT2D eigenvalue weighted by atomic mass is 19.1. The van der Waals surface area contributed by atoms with Gasteiger partial charge in [-0.3, -0.25) is 14.8 Å². The van der Waals surface area contributed by atoms with Crippen LogP contribution < -0.4 is 5.48 Å². The van der Waals surface area contributed by atoms with Crippen LogP contribution in [0.2, 0.25) is 0 Å². The Bertz CT molecular complexity index is 454. The van der Waals surface area contributed by atoms with Gasteiger partial charge in [0.2, 0.25) is 0 Å². The van der Waals surface area contributed by atoms with E-state index in [1.807, 2.05) is 0 Å². The predicted octanol–water partition coefficient (Wildman–Crippen LogP) is 0.588. The second kappa shape index (κ2) is 6.76. The van der Waals surface area contributed by atoms with Crippen LogP contribution in [0.4, 0.5) is 4.39 Å². The molecule has 1 heterocycles. The average Bonchev–Trinajstić information content (AvgIpc) is 2.46. The molecule has 0 spiro atoms. The minimum absolute atomic E-state index is 0.186. The molecule has 3 N–H and O–H groups in total. The van der Waals surface area contributed by atoms with Crippen molar-refractivity contribution in [3.8, 4) is 0 Å². The fourth-order valence-corrected chi connectivity index (χ4v) is 2.13. The van der Waals surface area contributed by atoms with Crippen molar-refractivity contribution in [2.45, 2.75) is 31.6 Å². The van der Waals surface area contributed by atoms with Crippen LogP contribution in [0.25, 0.3) is 0 Å². The van der Waals surface area contributed by atoms with E-state index in [1.54, 1.807) is 17.6 Å². The number of benzene rings is 1. The average molecular weight is 284 g/mol. The normalized spacial score (nSPS) is 23.6. The molecule has 2 rings (SSSR count). The monoisotopic (exact) mass is 284 g/mol. The van der Waals surface area contributed by atoms with Crippen molar-refractivity contribution in [1.29, 1.82) is 0 Å². The van der Waals surface area contributed by atoms with E-state index in [4.69, 9.17) is 10.0 Å². The Labute approximate surface area is 115 Å². The smallest absolute Gasteiger partial charge is 0.263 e. The van der Waals surface area contributed by atoms with Gasteiger partial charge in [0.15, 0.2) is 0 Å². The molecule has 1 aromatic rings. The Hall–Kier alpha value is -1.54. The number of hydroxylamine groups is 3. The number of hydrogen-bond acceptors (Lipinski definition) is 5. The van der Waals surface area contributed by atoms with Crippen LogP contribution in [-0.2, 0) is 16.2 Å². The van der Waals surface area contributed by atoms with Crippen LogP contribution in [0, 0.1) is 5.82 Å². The quantitative estimate of drug-likeness (QED) is 0.557. The van der Waals surface area contributed by atoms with Crippen LogP contribution in [-0.4, -0.2) is 40.0 Å². The molecule has 0 unspecified atom stereocenters. The summed E-state index contributed by atoms with van der Waals surface area (Å²) in [4.78, 5) is 17.1. The summed E-state index contributed by atoms with van der Waals surface area (Å²) in [5.41, 5.74) is 2.33. The number of nitrogens with one attached hydrogen (secondary N) is 1. The number of aliphatic hydroxyl groups excluding tert-OH is 1. The van der Waals surface area contributed by atoms with Gasteiger partial charge in [0, 0.05) is 13.0 Å². The first-order valence-electron chi connectivity index (χ1n) is 6.36. The lowest BCUT2D eigenvalue weighted by molar-refractivity contribution is -0.219. The number of piperidine rings is 1. The van der Waals surface area contributed by atoms with Gasteiger partial charge in [-0.15, -0.1) is 0 Å². The molecule has 110 valence electrons. The molecule has 0 bridgehead atoms. The summed E-state index contributed by atoms with van der Waals surface area (Å²) in [5, 5.41) is 19.7. The molecule has 1 amide bonds. The number of aliphatic hydroxyl groups is 1. The molecule has 2 atom stereocenters. The van der Waals surface area contributed by atoms with Gasteiger partial charge < -0.3 is 5.11 Å². The third-order valence-corrected chi connectivity index (χ3v) is 3.25. The highest BCUT2D eigenvalue weighted by Gasteiger charge is 2.33. The molecule has 1 fully saturated rings. The van der Waals surface area contributed by atoms with Crippen LogP contribution in [0.15, 0.2) is 24.3 Å². The Morgan fingerprint density at radius 1 is 1.45 bits per heavy atom. The second-order valence-corrected chi connectivity index (χ2v) is 4.71. The lowest BCUT2D eigenvalue weighted by Gasteiger charge is -2.35. The van der Waals surface area contributed by atoms with E-state index < -0.39 is 18.1 Å². The highest BCUT2D eigenvalue weighted by Crippen LogP contribution is 2.19. The Kier molecular flexibility index (Phi) is 5.02. The molecule has 0 saturated carbocycles. The van der Waals surface area contributed by atoms with Gasteiger partial charge in [-0.1, -0.05) is 12.1 Å². The minimum Gasteiger partial charge on any atom is -0.393 e. The van der Waals surface area contributed by atoms with E-state index in [9.17, 15) is 14.3 Å². The summed E-state index contributed by atoms with van der Waals surface area (Å²) >= 11 is 0. The van der Waals surface area contributed by atoms with Crippen molar-refractivity contribution in [3.05, 3.63) is 35.6 Å². The SMILES string of the molecule is O=C(NO)[C@H]1C[C@@H](O)CCN1OCc1ccc(F)cc1. The largest absolute Gasteiger partial charge is 0.393 e. The maximum absolute atomic E-state index is 12.8. The first-order chi connectivity index (χ1) is 9.60. The molecular formula is C13H17FN2O4. The second-order valence-electron chi connectivity index (χ2n) is 4.71. The van der Waals surface area contributed by atoms with E-state index >= 15 is 0 Å². The fourth-order valence-electron chi connectivity index (χ4n) is 2.13. The molecule has 1 saturated heterocycles. The van der Waals surface area contributed by atoms with Gasteiger partial charge in [-0.25, -0.2) is 9.87 Å². The zero-order valence-electron chi connectivity index (χ0n) is 10.8. The molecule has 6 nitrogen and oxygen atoms in total. The third-order valence-electron chi connectivity index (χ3n) is 3.25. The summed E-state index contributed by atoms with van der Waals surface area (Å²) in [6.45, 7) is 0.562. The summed E-state index contributed by atoms with van der Waals surface area (Å²) in [6, 6.07) is 5.10. The summed E-state index contributed by atoms with van der Waals surface area (Å²) in [7, 11) is 0. The number of carbonyl (C=O) groups is 1. The topological polar surface area (TPSA) is 82.0 Å². The van der Waals surface area contributed by atoms with Gasteiger partial charge in [-0.2, -0.15) is 5.06 Å². The number of carbonyl (C=O) groups excluding carboxylic acids is 1. The zero-order valence-corrected chi connectivity index (χ0v) is 10.8. The molecule has 0 aromatic heterocycles. The van der Waals surface area contributed by atoms with Crippen molar-refractivity contribution >= 4 is 5.91 Å². The minimum atomic E-state index is -0.746. The van der Waals surface area contributed by atoms with E-state index in [1.165, 1.54) is 17.2 Å². The molecule has 20 heavy (non-hydrogen) atoms. The van der Waals surface area contributed by atoms with Crippen molar-refractivity contribution < 1.29 is 24.3 Å². The van der Waals surface area contributed by atoms with E-state index in [0.29, 0.717) is 13.0 Å². The molecule has 0 aliphatic carbocycles. The van der Waals surface area contributed by atoms with Crippen molar-refractivity contribution in [3.63, 3.8) is 0 Å². The van der Waals surface area contributed by atoms with Gasteiger partial charge in [0.1, 0.15) is 11.9 Å². The first-order valence-corrected chi connectivity index (χ1v) is 6.36. The standard InChI is InChI=1S/C13H17FN2O4/c14-10-3-1-9(2-4-10)8-20-16-6-5-11(17)7-12(16)13(18)15-19/h1-4,11-12,17,19H,5-8H2,(H,15,18)/t11-,12+/m0/s1. The summed E-state index contributed by atoms with van der Waals surface area (Å²) < 4.78 is 12.8. The lowest BCUT2D eigenvalue weighted by atomic mass is 10.0. The summed E-state index contributed by atoms with van der Waals surface area (Å²) in [5.74, 6) is -0.949. The van der Waals surface area contributed by atoms with E-state index in [-0.39, 0.29) is 18.8 Å². The Balaban J connectivity index is 1.95. The predicted molar refractivity (Wildman–Crippen MR) is 66.9 cm³/mol. The van der Waals surface area contributed by atoms with Crippen molar-refractivity contribution in [1.82, 2.24) is 10.5 Å². The van der Waals surface area contributed by atoms with Crippen LogP contribution in [0.5, 0.6) is 0 Å². The molecule has 1 aromatic carbocycles. The van der Waals surface area contributed by atoms with Gasteiger partial charge in [0.05, 0.1) is 12.7 Å². The maximum atomic E-state index is 12.8. The third kappa shape index (κ3) is 3.73. The van der Waals surface area contributed by atoms with Crippen LogP contribution in [0.1, 0.15) is 18.4 Å². The Morgan fingerprint density at radius 2 is 2.15 bits per heavy atom. The van der Waals surface area contributed by atoms with Crippen molar-refractivity contribution in [2.24, 2.45) is 0 Å². The molecule has 7 heteroatoms. The number of nitrogens with zero attached hydrogens (tertiary/aromatic N) is 1. The first kappa shape index (κ1) is 14.9.